The average Bonchev–Trinajstić information content (AvgIpc) is 3.49. The third kappa shape index (κ3) is 5.57. The second-order valence-electron chi connectivity index (χ2n) is 7.37. The molecule has 2 heterocycles. The van der Waals surface area contributed by atoms with E-state index in [0.717, 1.165) is 4.70 Å². The van der Waals surface area contributed by atoms with E-state index in [9.17, 15) is 13.2 Å². The van der Waals surface area contributed by atoms with Crippen molar-refractivity contribution in [2.24, 2.45) is 0 Å². The molecule has 0 atom stereocenters. The number of halogens is 1. The zero-order valence-electron chi connectivity index (χ0n) is 18.4. The van der Waals surface area contributed by atoms with E-state index < -0.39 is 9.84 Å². The van der Waals surface area contributed by atoms with Crippen LogP contribution in [0.3, 0.4) is 0 Å². The SMILES string of the molecule is CCOc1cccc2sc(N(CCn3cccn3)C(=O)CCS(=O)(=O)c3ccc(Cl)cc3)nc12. The molecule has 11 heteroatoms. The number of fused-ring (bicyclic) bond motifs is 1. The second-order valence-corrected chi connectivity index (χ2v) is 10.9. The van der Waals surface area contributed by atoms with Gasteiger partial charge in [-0.15, -0.1) is 0 Å². The quantitative estimate of drug-likeness (QED) is 0.308. The van der Waals surface area contributed by atoms with Gasteiger partial charge in [-0.3, -0.25) is 14.4 Å². The second kappa shape index (κ2) is 10.5. The lowest BCUT2D eigenvalue weighted by atomic mass is 10.3. The van der Waals surface area contributed by atoms with Crippen molar-refractivity contribution in [1.82, 2.24) is 14.8 Å². The van der Waals surface area contributed by atoms with Crippen molar-refractivity contribution in [1.29, 1.82) is 0 Å². The van der Waals surface area contributed by atoms with Crippen molar-refractivity contribution in [3.8, 4) is 5.75 Å². The summed E-state index contributed by atoms with van der Waals surface area (Å²) in [5.41, 5.74) is 0.676. The normalized spacial score (nSPS) is 11.6. The Morgan fingerprint density at radius 2 is 1.97 bits per heavy atom. The molecule has 4 rings (SSSR count). The molecule has 2 aromatic carbocycles. The van der Waals surface area contributed by atoms with Gasteiger partial charge in [0.15, 0.2) is 15.0 Å². The summed E-state index contributed by atoms with van der Waals surface area (Å²) in [6, 6.07) is 13.4. The third-order valence-electron chi connectivity index (χ3n) is 5.07. The number of sulfone groups is 1. The van der Waals surface area contributed by atoms with Crippen LogP contribution in [0.25, 0.3) is 10.2 Å². The van der Waals surface area contributed by atoms with Crippen molar-refractivity contribution in [2.75, 3.05) is 23.8 Å². The Kier molecular flexibility index (Phi) is 7.50. The van der Waals surface area contributed by atoms with Crippen LogP contribution in [0.1, 0.15) is 13.3 Å². The van der Waals surface area contributed by atoms with Gasteiger partial charge in [-0.2, -0.15) is 5.10 Å². The maximum absolute atomic E-state index is 13.3. The van der Waals surface area contributed by atoms with Crippen LogP contribution in [0.2, 0.25) is 5.02 Å². The van der Waals surface area contributed by atoms with Crippen LogP contribution in [0.15, 0.2) is 65.8 Å². The summed E-state index contributed by atoms with van der Waals surface area (Å²) < 4.78 is 33.8. The van der Waals surface area contributed by atoms with Gasteiger partial charge >= 0.3 is 0 Å². The summed E-state index contributed by atoms with van der Waals surface area (Å²) in [7, 11) is -3.65. The topological polar surface area (TPSA) is 94.4 Å². The largest absolute Gasteiger partial charge is 0.492 e. The Bertz CT molecular complexity index is 1370. The third-order valence-corrected chi connectivity index (χ3v) is 8.10. The van der Waals surface area contributed by atoms with Gasteiger partial charge in [0.2, 0.25) is 5.91 Å². The molecular formula is C23H23ClN4O4S2. The van der Waals surface area contributed by atoms with Crippen molar-refractivity contribution >= 4 is 54.0 Å². The van der Waals surface area contributed by atoms with Gasteiger partial charge in [0.25, 0.3) is 0 Å². The lowest BCUT2D eigenvalue weighted by Gasteiger charge is -2.20. The molecule has 8 nitrogen and oxygen atoms in total. The van der Waals surface area contributed by atoms with Gasteiger partial charge < -0.3 is 4.74 Å². The molecule has 1 amide bonds. The Morgan fingerprint density at radius 1 is 1.18 bits per heavy atom. The minimum Gasteiger partial charge on any atom is -0.492 e. The van der Waals surface area contributed by atoms with Crippen LogP contribution in [0.4, 0.5) is 5.13 Å². The number of carbonyl (C=O) groups excluding carboxylic acids is 1. The highest BCUT2D eigenvalue weighted by Gasteiger charge is 2.24. The maximum atomic E-state index is 13.3. The van der Waals surface area contributed by atoms with Gasteiger partial charge in [0, 0.05) is 30.4 Å². The van der Waals surface area contributed by atoms with Crippen LogP contribution >= 0.6 is 22.9 Å². The molecule has 0 saturated carbocycles. The highest BCUT2D eigenvalue weighted by Crippen LogP contribution is 2.34. The summed E-state index contributed by atoms with van der Waals surface area (Å²) in [6.07, 6.45) is 3.29. The average molecular weight is 519 g/mol. The van der Waals surface area contributed by atoms with Gasteiger partial charge in [-0.1, -0.05) is 29.0 Å². The molecule has 0 unspecified atom stereocenters. The first-order valence-electron chi connectivity index (χ1n) is 10.7. The van der Waals surface area contributed by atoms with Crippen LogP contribution in [-0.2, 0) is 21.2 Å². The number of benzene rings is 2. The molecule has 4 aromatic rings. The Balaban J connectivity index is 1.58. The molecule has 0 aliphatic rings. The Hall–Kier alpha value is -2.95. The predicted molar refractivity (Wildman–Crippen MR) is 133 cm³/mol. The molecule has 2 aromatic heterocycles. The van der Waals surface area contributed by atoms with E-state index in [1.807, 2.05) is 25.1 Å². The number of thiazole rings is 1. The number of amides is 1. The standard InChI is InChI=1S/C23H23ClN4O4S2/c1-2-32-19-5-3-6-20-22(19)26-23(33-20)28(15-14-27-13-4-12-25-27)21(29)11-16-34(30,31)18-9-7-17(24)8-10-18/h3-10,12-13H,2,11,14-16H2,1H3. The predicted octanol–water partition coefficient (Wildman–Crippen LogP) is 4.44. The van der Waals surface area contributed by atoms with Crippen molar-refractivity contribution in [2.45, 2.75) is 24.8 Å². The molecule has 0 spiro atoms. The minimum atomic E-state index is -3.65. The van der Waals surface area contributed by atoms with Crippen LogP contribution in [-0.4, -0.2) is 48.0 Å². The maximum Gasteiger partial charge on any atom is 0.229 e. The van der Waals surface area contributed by atoms with Crippen molar-refractivity contribution in [3.05, 3.63) is 65.9 Å². The number of ether oxygens (including phenoxy) is 1. The summed E-state index contributed by atoms with van der Waals surface area (Å²) >= 11 is 7.23. The summed E-state index contributed by atoms with van der Waals surface area (Å²) in [5.74, 6) is -0.00473. The van der Waals surface area contributed by atoms with Gasteiger partial charge in [-0.25, -0.2) is 13.4 Å². The molecule has 0 fully saturated rings. The Labute approximate surface area is 206 Å². The Morgan fingerprint density at radius 3 is 2.68 bits per heavy atom. The molecule has 0 radical (unpaired) electrons. The lowest BCUT2D eigenvalue weighted by Crippen LogP contribution is -2.35. The molecule has 0 aliphatic carbocycles. The summed E-state index contributed by atoms with van der Waals surface area (Å²) in [4.78, 5) is 19.6. The number of rotatable bonds is 10. The fourth-order valence-electron chi connectivity index (χ4n) is 3.38. The number of nitrogens with zero attached hydrogens (tertiary/aromatic N) is 4. The molecule has 0 N–H and O–H groups in total. The number of para-hydroxylation sites is 1. The number of aromatic nitrogens is 3. The first-order valence-corrected chi connectivity index (χ1v) is 13.5. The number of hydrogen-bond acceptors (Lipinski definition) is 7. The van der Waals surface area contributed by atoms with Gasteiger partial charge in [0.05, 0.1) is 28.5 Å². The highest BCUT2D eigenvalue weighted by atomic mass is 35.5. The zero-order valence-corrected chi connectivity index (χ0v) is 20.8. The molecule has 178 valence electrons. The van der Waals surface area contributed by atoms with E-state index in [4.69, 9.17) is 16.3 Å². The summed E-state index contributed by atoms with van der Waals surface area (Å²) in [6.45, 7) is 3.13. The van der Waals surface area contributed by atoms with E-state index in [1.165, 1.54) is 40.5 Å². The van der Waals surface area contributed by atoms with Crippen LogP contribution in [0.5, 0.6) is 5.75 Å². The van der Waals surface area contributed by atoms with Crippen molar-refractivity contribution in [3.63, 3.8) is 0 Å². The van der Waals surface area contributed by atoms with E-state index in [0.29, 0.717) is 41.1 Å². The number of carbonyl (C=O) groups is 1. The molecule has 0 bridgehead atoms. The van der Waals surface area contributed by atoms with Crippen molar-refractivity contribution < 1.29 is 17.9 Å². The number of hydrogen-bond donors (Lipinski definition) is 0. The smallest absolute Gasteiger partial charge is 0.229 e. The van der Waals surface area contributed by atoms with Gasteiger partial charge in [0.1, 0.15) is 11.3 Å². The monoisotopic (exact) mass is 518 g/mol. The van der Waals surface area contributed by atoms with E-state index in [-0.39, 0.29) is 23.0 Å². The van der Waals surface area contributed by atoms with Crippen LogP contribution in [0, 0.1) is 0 Å². The molecular weight excluding hydrogens is 496 g/mol. The first kappa shape index (κ1) is 24.2. The van der Waals surface area contributed by atoms with E-state index in [2.05, 4.69) is 10.1 Å². The molecule has 0 aliphatic heterocycles. The van der Waals surface area contributed by atoms with E-state index >= 15 is 0 Å². The lowest BCUT2D eigenvalue weighted by molar-refractivity contribution is -0.118. The molecule has 0 saturated heterocycles. The van der Waals surface area contributed by atoms with E-state index in [1.54, 1.807) is 23.1 Å². The fraction of sp³-hybridized carbons (Fsp3) is 0.261. The minimum absolute atomic E-state index is 0.133. The first-order chi connectivity index (χ1) is 16.4. The van der Waals surface area contributed by atoms with Crippen LogP contribution < -0.4 is 9.64 Å². The molecule has 34 heavy (non-hydrogen) atoms. The zero-order chi connectivity index (χ0) is 24.1. The fourth-order valence-corrected chi connectivity index (χ4v) is 5.76. The van der Waals surface area contributed by atoms with Gasteiger partial charge in [-0.05, 0) is 49.4 Å². The number of anilines is 1. The summed E-state index contributed by atoms with van der Waals surface area (Å²) in [5, 5.41) is 5.12. The highest BCUT2D eigenvalue weighted by molar-refractivity contribution is 7.91.